The van der Waals surface area contributed by atoms with Crippen molar-refractivity contribution in [3.05, 3.63) is 36.5 Å². The molecule has 0 N–H and O–H groups in total. The summed E-state index contributed by atoms with van der Waals surface area (Å²) in [5, 5.41) is 1.23. The minimum absolute atomic E-state index is 0.273. The van der Waals surface area contributed by atoms with Crippen LogP contribution in [0.2, 0.25) is 0 Å². The van der Waals surface area contributed by atoms with Gasteiger partial charge in [0.2, 0.25) is 5.91 Å². The molecule has 3 heterocycles. The first-order valence-electron chi connectivity index (χ1n) is 9.45. The zero-order valence-corrected chi connectivity index (χ0v) is 14.8. The van der Waals surface area contributed by atoms with Crippen molar-refractivity contribution in [1.82, 2.24) is 14.4 Å². The molecule has 1 aromatic heterocycles. The number of carbonyl (C=O) groups is 1. The molecule has 0 bridgehead atoms. The van der Waals surface area contributed by atoms with Gasteiger partial charge in [-0.15, -0.1) is 0 Å². The lowest BCUT2D eigenvalue weighted by atomic mass is 10.2. The Morgan fingerprint density at radius 1 is 1.12 bits per heavy atom. The number of aryl methyl sites for hydroxylation is 1. The van der Waals surface area contributed by atoms with Gasteiger partial charge in [0, 0.05) is 64.0 Å². The Bertz CT molecular complexity index is 713. The normalized spacial score (nSPS) is 21.9. The Balaban J connectivity index is 1.25. The molecule has 1 amide bonds. The van der Waals surface area contributed by atoms with Gasteiger partial charge in [-0.05, 0) is 30.4 Å². The number of fused-ring (bicyclic) bond motifs is 1. The molecule has 0 spiro atoms. The van der Waals surface area contributed by atoms with E-state index in [1.54, 1.807) is 0 Å². The minimum atomic E-state index is 0.273. The van der Waals surface area contributed by atoms with Crippen LogP contribution in [-0.2, 0) is 16.1 Å². The molecule has 1 unspecified atom stereocenters. The molecule has 2 aliphatic heterocycles. The van der Waals surface area contributed by atoms with E-state index in [1.807, 2.05) is 17.0 Å². The van der Waals surface area contributed by atoms with E-state index in [9.17, 15) is 4.79 Å². The summed E-state index contributed by atoms with van der Waals surface area (Å²) in [6.07, 6.45) is 5.44. The van der Waals surface area contributed by atoms with Crippen molar-refractivity contribution in [2.24, 2.45) is 0 Å². The second-order valence-corrected chi connectivity index (χ2v) is 7.13. The van der Waals surface area contributed by atoms with Crippen molar-refractivity contribution in [3.8, 4) is 0 Å². The fourth-order valence-corrected chi connectivity index (χ4v) is 3.97. The Morgan fingerprint density at radius 3 is 2.76 bits per heavy atom. The van der Waals surface area contributed by atoms with Gasteiger partial charge >= 0.3 is 0 Å². The van der Waals surface area contributed by atoms with E-state index >= 15 is 0 Å². The molecule has 2 aromatic rings. The number of carbonyl (C=O) groups excluding carboxylic acids is 1. The summed E-state index contributed by atoms with van der Waals surface area (Å²) < 4.78 is 7.90. The predicted octanol–water partition coefficient (Wildman–Crippen LogP) is 2.35. The van der Waals surface area contributed by atoms with Gasteiger partial charge in [-0.1, -0.05) is 18.2 Å². The van der Waals surface area contributed by atoms with E-state index in [0.29, 0.717) is 12.5 Å². The molecule has 2 fully saturated rings. The molecule has 2 saturated heterocycles. The Kier molecular flexibility index (Phi) is 5.04. The Hall–Kier alpha value is -1.85. The molecule has 5 heteroatoms. The standard InChI is InChI=1S/C20H27N3O2/c24-20(8-10-22-9-7-17-4-1-2-6-19(17)22)23-13-11-21(12-14-23)16-18-5-3-15-25-18/h1-2,4,6-7,9,18H,3,5,8,10-16H2. The van der Waals surface area contributed by atoms with Gasteiger partial charge < -0.3 is 14.2 Å². The van der Waals surface area contributed by atoms with Gasteiger partial charge in [0.05, 0.1) is 6.10 Å². The monoisotopic (exact) mass is 341 g/mol. The van der Waals surface area contributed by atoms with Crippen LogP contribution in [0.25, 0.3) is 10.9 Å². The first kappa shape index (κ1) is 16.6. The third-order valence-electron chi connectivity index (χ3n) is 5.46. The van der Waals surface area contributed by atoms with Crippen LogP contribution in [0.15, 0.2) is 36.5 Å². The number of amides is 1. The number of hydrogen-bond donors (Lipinski definition) is 0. The highest BCUT2D eigenvalue weighted by Crippen LogP contribution is 2.17. The third kappa shape index (κ3) is 3.88. The van der Waals surface area contributed by atoms with E-state index in [4.69, 9.17) is 4.74 Å². The summed E-state index contributed by atoms with van der Waals surface area (Å²) in [5.41, 5.74) is 1.21. The lowest BCUT2D eigenvalue weighted by Gasteiger charge is -2.35. The predicted molar refractivity (Wildman–Crippen MR) is 98.5 cm³/mol. The quantitative estimate of drug-likeness (QED) is 0.838. The maximum Gasteiger partial charge on any atom is 0.224 e. The van der Waals surface area contributed by atoms with E-state index in [0.717, 1.165) is 45.9 Å². The molecule has 5 nitrogen and oxygen atoms in total. The molecule has 134 valence electrons. The van der Waals surface area contributed by atoms with E-state index < -0.39 is 0 Å². The molecular formula is C20H27N3O2. The highest BCUT2D eigenvalue weighted by Gasteiger charge is 2.24. The summed E-state index contributed by atoms with van der Waals surface area (Å²) in [6, 6.07) is 10.4. The molecule has 0 radical (unpaired) electrons. The number of aromatic nitrogens is 1. The van der Waals surface area contributed by atoms with Crippen molar-refractivity contribution >= 4 is 16.8 Å². The van der Waals surface area contributed by atoms with E-state index in [-0.39, 0.29) is 5.91 Å². The highest BCUT2D eigenvalue weighted by atomic mass is 16.5. The summed E-state index contributed by atoms with van der Waals surface area (Å²) in [5.74, 6) is 0.273. The third-order valence-corrected chi connectivity index (χ3v) is 5.46. The van der Waals surface area contributed by atoms with Crippen LogP contribution in [-0.4, -0.2) is 65.7 Å². The second kappa shape index (κ2) is 7.58. The van der Waals surface area contributed by atoms with Crippen LogP contribution in [0.4, 0.5) is 0 Å². The lowest BCUT2D eigenvalue weighted by molar-refractivity contribution is -0.133. The average molecular weight is 341 g/mol. The molecule has 1 aromatic carbocycles. The Morgan fingerprint density at radius 2 is 1.96 bits per heavy atom. The first-order chi connectivity index (χ1) is 12.3. The van der Waals surface area contributed by atoms with Crippen LogP contribution in [0.5, 0.6) is 0 Å². The van der Waals surface area contributed by atoms with E-state index in [2.05, 4.69) is 33.9 Å². The van der Waals surface area contributed by atoms with Crippen molar-refractivity contribution in [3.63, 3.8) is 0 Å². The largest absolute Gasteiger partial charge is 0.377 e. The molecule has 1 atom stereocenters. The zero-order valence-electron chi connectivity index (χ0n) is 14.8. The number of rotatable bonds is 5. The fraction of sp³-hybridized carbons (Fsp3) is 0.550. The second-order valence-electron chi connectivity index (χ2n) is 7.13. The zero-order chi connectivity index (χ0) is 17.1. The van der Waals surface area contributed by atoms with Gasteiger partial charge in [0.25, 0.3) is 0 Å². The van der Waals surface area contributed by atoms with Crippen molar-refractivity contribution in [1.29, 1.82) is 0 Å². The van der Waals surface area contributed by atoms with Gasteiger partial charge in [-0.25, -0.2) is 0 Å². The molecule has 25 heavy (non-hydrogen) atoms. The van der Waals surface area contributed by atoms with Gasteiger partial charge in [0.15, 0.2) is 0 Å². The number of para-hydroxylation sites is 1. The summed E-state index contributed by atoms with van der Waals surface area (Å²) in [4.78, 5) is 17.0. The van der Waals surface area contributed by atoms with Crippen molar-refractivity contribution in [2.75, 3.05) is 39.3 Å². The Labute approximate surface area is 149 Å². The molecular weight excluding hydrogens is 314 g/mol. The summed E-state index contributed by atoms with van der Waals surface area (Å²) in [7, 11) is 0. The van der Waals surface area contributed by atoms with Crippen LogP contribution in [0, 0.1) is 0 Å². The SMILES string of the molecule is O=C(CCn1ccc2ccccc21)N1CCN(CC2CCCO2)CC1. The maximum atomic E-state index is 12.5. The number of piperazine rings is 1. The summed E-state index contributed by atoms with van der Waals surface area (Å²) >= 11 is 0. The summed E-state index contributed by atoms with van der Waals surface area (Å²) in [6.45, 7) is 6.32. The highest BCUT2D eigenvalue weighted by molar-refractivity contribution is 5.80. The number of hydrogen-bond acceptors (Lipinski definition) is 3. The molecule has 2 aliphatic rings. The average Bonchev–Trinajstić information content (AvgIpc) is 3.30. The maximum absolute atomic E-state index is 12.5. The van der Waals surface area contributed by atoms with Crippen LogP contribution >= 0.6 is 0 Å². The van der Waals surface area contributed by atoms with Crippen molar-refractivity contribution in [2.45, 2.75) is 31.9 Å². The molecule has 0 aliphatic carbocycles. The first-order valence-corrected chi connectivity index (χ1v) is 9.45. The smallest absolute Gasteiger partial charge is 0.224 e. The van der Waals surface area contributed by atoms with Crippen LogP contribution < -0.4 is 0 Å². The lowest BCUT2D eigenvalue weighted by Crippen LogP contribution is -2.50. The molecule has 0 saturated carbocycles. The van der Waals surface area contributed by atoms with Crippen LogP contribution in [0.3, 0.4) is 0 Å². The van der Waals surface area contributed by atoms with Gasteiger partial charge in [0.1, 0.15) is 0 Å². The topological polar surface area (TPSA) is 37.7 Å². The number of benzene rings is 1. The van der Waals surface area contributed by atoms with E-state index in [1.165, 1.54) is 23.7 Å². The minimum Gasteiger partial charge on any atom is -0.377 e. The van der Waals surface area contributed by atoms with Crippen LogP contribution in [0.1, 0.15) is 19.3 Å². The molecule has 4 rings (SSSR count). The number of nitrogens with zero attached hydrogens (tertiary/aromatic N) is 3. The van der Waals surface area contributed by atoms with Gasteiger partial charge in [-0.2, -0.15) is 0 Å². The number of ether oxygens (including phenoxy) is 1. The fourth-order valence-electron chi connectivity index (χ4n) is 3.97. The van der Waals surface area contributed by atoms with Crippen molar-refractivity contribution < 1.29 is 9.53 Å². The van der Waals surface area contributed by atoms with Gasteiger partial charge in [-0.3, -0.25) is 9.69 Å².